The summed E-state index contributed by atoms with van der Waals surface area (Å²) in [4.78, 5) is 1.20. The highest BCUT2D eigenvalue weighted by atomic mass is 32.2. The molecule has 0 heterocycles. The van der Waals surface area contributed by atoms with Gasteiger partial charge in [-0.05, 0) is 54.8 Å². The van der Waals surface area contributed by atoms with E-state index >= 15 is 0 Å². The highest BCUT2D eigenvalue weighted by molar-refractivity contribution is 7.99. The maximum absolute atomic E-state index is 12.9. The van der Waals surface area contributed by atoms with Crippen molar-refractivity contribution in [3.63, 3.8) is 0 Å². The first-order valence-corrected chi connectivity index (χ1v) is 7.17. The summed E-state index contributed by atoms with van der Waals surface area (Å²) in [5.41, 5.74) is 9.47. The van der Waals surface area contributed by atoms with Crippen molar-refractivity contribution in [2.24, 2.45) is 5.73 Å². The number of rotatable bonds is 4. The van der Waals surface area contributed by atoms with Gasteiger partial charge in [0.15, 0.2) is 0 Å². The Bertz CT molecular complexity index is 551. The Hall–Kier alpha value is -1.32. The van der Waals surface area contributed by atoms with Gasteiger partial charge in [-0.1, -0.05) is 18.2 Å². The van der Waals surface area contributed by atoms with Gasteiger partial charge < -0.3 is 5.73 Å². The molecule has 0 aliphatic carbocycles. The molecule has 0 amide bonds. The Morgan fingerprint density at radius 2 is 1.74 bits per heavy atom. The van der Waals surface area contributed by atoms with Crippen molar-refractivity contribution in [2.75, 3.05) is 6.54 Å². The minimum Gasteiger partial charge on any atom is -0.329 e. The van der Waals surface area contributed by atoms with Crippen LogP contribution in [-0.4, -0.2) is 6.54 Å². The Morgan fingerprint density at radius 1 is 1.05 bits per heavy atom. The Labute approximate surface area is 118 Å². The molecule has 3 heteroatoms. The van der Waals surface area contributed by atoms with Crippen LogP contribution in [0.3, 0.4) is 0 Å². The molecule has 0 radical (unpaired) electrons. The van der Waals surface area contributed by atoms with Crippen LogP contribution in [0.25, 0.3) is 0 Å². The van der Waals surface area contributed by atoms with Crippen molar-refractivity contribution >= 4 is 11.8 Å². The van der Waals surface area contributed by atoms with Crippen LogP contribution in [-0.2, 0) is 0 Å². The molecular weight excluding hydrogens is 257 g/mol. The molecule has 2 aromatic rings. The van der Waals surface area contributed by atoms with Crippen LogP contribution in [0.1, 0.15) is 21.9 Å². The van der Waals surface area contributed by atoms with E-state index in [1.54, 1.807) is 23.9 Å². The Morgan fingerprint density at radius 3 is 2.32 bits per heavy atom. The third-order valence-corrected chi connectivity index (χ3v) is 4.49. The quantitative estimate of drug-likeness (QED) is 0.845. The van der Waals surface area contributed by atoms with E-state index in [2.05, 4.69) is 32.0 Å². The van der Waals surface area contributed by atoms with E-state index in [1.807, 2.05) is 0 Å². The largest absolute Gasteiger partial charge is 0.329 e. The SMILES string of the molecule is Cc1ccc(SC(CN)c2ccc(F)cc2)cc1C. The summed E-state index contributed by atoms with van der Waals surface area (Å²) >= 11 is 1.72. The lowest BCUT2D eigenvalue weighted by atomic mass is 10.1. The highest BCUT2D eigenvalue weighted by Gasteiger charge is 2.12. The topological polar surface area (TPSA) is 26.0 Å². The molecule has 1 unspecified atom stereocenters. The maximum atomic E-state index is 12.9. The van der Waals surface area contributed by atoms with E-state index in [9.17, 15) is 4.39 Å². The lowest BCUT2D eigenvalue weighted by Crippen LogP contribution is -2.09. The number of thioether (sulfide) groups is 1. The number of hydrogen-bond donors (Lipinski definition) is 1. The third kappa shape index (κ3) is 3.58. The first-order chi connectivity index (χ1) is 9.10. The molecule has 0 fully saturated rings. The summed E-state index contributed by atoms with van der Waals surface area (Å²) < 4.78 is 12.9. The van der Waals surface area contributed by atoms with Crippen molar-refractivity contribution in [3.05, 3.63) is 65.0 Å². The molecule has 2 aromatic carbocycles. The minimum atomic E-state index is -0.212. The lowest BCUT2D eigenvalue weighted by molar-refractivity contribution is 0.627. The number of nitrogens with two attached hydrogens (primary N) is 1. The predicted octanol–water partition coefficient (Wildman–Crippen LogP) is 4.23. The van der Waals surface area contributed by atoms with Crippen molar-refractivity contribution in [1.82, 2.24) is 0 Å². The molecule has 100 valence electrons. The van der Waals surface area contributed by atoms with Gasteiger partial charge in [-0.3, -0.25) is 0 Å². The molecule has 0 aliphatic heterocycles. The van der Waals surface area contributed by atoms with E-state index < -0.39 is 0 Å². The van der Waals surface area contributed by atoms with Crippen molar-refractivity contribution in [2.45, 2.75) is 24.0 Å². The smallest absolute Gasteiger partial charge is 0.123 e. The van der Waals surface area contributed by atoms with Gasteiger partial charge in [0.25, 0.3) is 0 Å². The van der Waals surface area contributed by atoms with E-state index in [0.717, 1.165) is 5.56 Å². The second-order valence-corrected chi connectivity index (χ2v) is 5.92. The molecular formula is C16H18FNS. The molecule has 0 saturated carbocycles. The second kappa shape index (κ2) is 6.22. The normalized spacial score (nSPS) is 12.4. The van der Waals surface area contributed by atoms with Crippen LogP contribution in [0, 0.1) is 19.7 Å². The Balaban J connectivity index is 2.18. The fourth-order valence-corrected chi connectivity index (χ4v) is 2.99. The van der Waals surface area contributed by atoms with Crippen LogP contribution < -0.4 is 5.73 Å². The number of halogens is 1. The van der Waals surface area contributed by atoms with Crippen molar-refractivity contribution in [1.29, 1.82) is 0 Å². The van der Waals surface area contributed by atoms with Crippen molar-refractivity contribution in [3.8, 4) is 0 Å². The molecule has 1 atom stereocenters. The first kappa shape index (κ1) is 14.1. The summed E-state index contributed by atoms with van der Waals surface area (Å²) in [6, 6.07) is 13.0. The van der Waals surface area contributed by atoms with Gasteiger partial charge in [-0.15, -0.1) is 11.8 Å². The monoisotopic (exact) mass is 275 g/mol. The third-order valence-electron chi connectivity index (χ3n) is 3.21. The molecule has 2 rings (SSSR count). The van der Waals surface area contributed by atoms with Gasteiger partial charge in [-0.25, -0.2) is 4.39 Å². The first-order valence-electron chi connectivity index (χ1n) is 6.29. The maximum Gasteiger partial charge on any atom is 0.123 e. The number of aryl methyl sites for hydroxylation is 2. The second-order valence-electron chi connectivity index (χ2n) is 4.64. The van der Waals surface area contributed by atoms with Gasteiger partial charge in [0.2, 0.25) is 0 Å². The molecule has 0 saturated heterocycles. The molecule has 2 N–H and O–H groups in total. The van der Waals surface area contributed by atoms with Crippen LogP contribution in [0.2, 0.25) is 0 Å². The summed E-state index contributed by atoms with van der Waals surface area (Å²) in [6.07, 6.45) is 0. The standard InChI is InChI=1S/C16H18FNS/c1-11-3-8-15(9-12(11)2)19-16(10-18)13-4-6-14(17)7-5-13/h3-9,16H,10,18H2,1-2H3. The fourth-order valence-electron chi connectivity index (χ4n) is 1.88. The summed E-state index contributed by atoms with van der Waals surface area (Å²) in [5.74, 6) is -0.212. The van der Waals surface area contributed by atoms with Crippen molar-refractivity contribution < 1.29 is 4.39 Å². The highest BCUT2D eigenvalue weighted by Crippen LogP contribution is 2.35. The minimum absolute atomic E-state index is 0.155. The molecule has 0 aliphatic rings. The molecule has 0 spiro atoms. The van der Waals surface area contributed by atoms with E-state index in [-0.39, 0.29) is 11.1 Å². The van der Waals surface area contributed by atoms with Crippen LogP contribution in [0.4, 0.5) is 4.39 Å². The van der Waals surface area contributed by atoms with E-state index in [4.69, 9.17) is 5.73 Å². The summed E-state index contributed by atoms with van der Waals surface area (Å²) in [5, 5.41) is 0.155. The average molecular weight is 275 g/mol. The van der Waals surface area contributed by atoms with Gasteiger partial charge in [-0.2, -0.15) is 0 Å². The lowest BCUT2D eigenvalue weighted by Gasteiger charge is -2.15. The zero-order chi connectivity index (χ0) is 13.8. The van der Waals surface area contributed by atoms with Crippen LogP contribution in [0.5, 0.6) is 0 Å². The summed E-state index contributed by atoms with van der Waals surface area (Å²) in [7, 11) is 0. The molecule has 19 heavy (non-hydrogen) atoms. The average Bonchev–Trinajstić information content (AvgIpc) is 2.41. The van der Waals surface area contributed by atoms with Crippen LogP contribution >= 0.6 is 11.8 Å². The predicted molar refractivity (Wildman–Crippen MR) is 80.0 cm³/mol. The fraction of sp³-hybridized carbons (Fsp3) is 0.250. The van der Waals surface area contributed by atoms with Gasteiger partial charge in [0.1, 0.15) is 5.82 Å². The van der Waals surface area contributed by atoms with E-state index in [1.165, 1.54) is 28.2 Å². The van der Waals surface area contributed by atoms with Gasteiger partial charge >= 0.3 is 0 Å². The zero-order valence-electron chi connectivity index (χ0n) is 11.2. The molecule has 1 nitrogen and oxygen atoms in total. The van der Waals surface area contributed by atoms with Crippen LogP contribution in [0.15, 0.2) is 47.4 Å². The van der Waals surface area contributed by atoms with Gasteiger partial charge in [0.05, 0.1) is 0 Å². The number of hydrogen-bond acceptors (Lipinski definition) is 2. The molecule has 0 bridgehead atoms. The Kier molecular flexibility index (Phi) is 4.61. The summed E-state index contributed by atoms with van der Waals surface area (Å²) in [6.45, 7) is 4.74. The zero-order valence-corrected chi connectivity index (χ0v) is 12.0. The number of benzene rings is 2. The van der Waals surface area contributed by atoms with E-state index in [0.29, 0.717) is 6.54 Å². The molecule has 0 aromatic heterocycles. The van der Waals surface area contributed by atoms with Gasteiger partial charge in [0, 0.05) is 16.7 Å².